The van der Waals surface area contributed by atoms with Crippen molar-refractivity contribution >= 4 is 0 Å². The van der Waals surface area contributed by atoms with Crippen LogP contribution in [-0.2, 0) is 0 Å². The highest BCUT2D eigenvalue weighted by Crippen LogP contribution is 2.24. The Morgan fingerprint density at radius 3 is 2.63 bits per heavy atom. The van der Waals surface area contributed by atoms with Crippen molar-refractivity contribution in [2.45, 2.75) is 26.8 Å². The lowest BCUT2D eigenvalue weighted by Gasteiger charge is -2.20. The third-order valence-electron chi connectivity index (χ3n) is 3.16. The van der Waals surface area contributed by atoms with Gasteiger partial charge in [-0.2, -0.15) is 0 Å². The van der Waals surface area contributed by atoms with Crippen LogP contribution in [0.15, 0.2) is 36.4 Å². The van der Waals surface area contributed by atoms with Gasteiger partial charge >= 0.3 is 0 Å². The summed E-state index contributed by atoms with van der Waals surface area (Å²) < 4.78 is 13.2. The zero-order valence-corrected chi connectivity index (χ0v) is 11.6. The SMILES string of the molecule is CCNC(c1cccc(C)n1)c1ccc(F)cc1C. The van der Waals surface area contributed by atoms with Crippen LogP contribution in [0.3, 0.4) is 0 Å². The van der Waals surface area contributed by atoms with E-state index >= 15 is 0 Å². The van der Waals surface area contributed by atoms with E-state index in [0.29, 0.717) is 0 Å². The van der Waals surface area contributed by atoms with Gasteiger partial charge in [0.25, 0.3) is 0 Å². The average Bonchev–Trinajstić information content (AvgIpc) is 2.37. The molecule has 0 spiro atoms. The highest BCUT2D eigenvalue weighted by Gasteiger charge is 2.16. The van der Waals surface area contributed by atoms with Gasteiger partial charge < -0.3 is 5.32 Å². The van der Waals surface area contributed by atoms with E-state index in [2.05, 4.69) is 17.2 Å². The molecule has 3 heteroatoms. The summed E-state index contributed by atoms with van der Waals surface area (Å²) in [4.78, 5) is 4.58. The molecular formula is C16H19FN2. The van der Waals surface area contributed by atoms with Crippen LogP contribution in [0.1, 0.15) is 35.5 Å². The molecule has 1 N–H and O–H groups in total. The van der Waals surface area contributed by atoms with Crippen LogP contribution in [0.5, 0.6) is 0 Å². The van der Waals surface area contributed by atoms with Crippen molar-refractivity contribution in [2.24, 2.45) is 0 Å². The van der Waals surface area contributed by atoms with Gasteiger partial charge in [0, 0.05) is 5.69 Å². The Balaban J connectivity index is 2.45. The largest absolute Gasteiger partial charge is 0.305 e. The molecule has 100 valence electrons. The fourth-order valence-electron chi connectivity index (χ4n) is 2.27. The topological polar surface area (TPSA) is 24.9 Å². The molecule has 1 unspecified atom stereocenters. The van der Waals surface area contributed by atoms with Crippen LogP contribution in [-0.4, -0.2) is 11.5 Å². The van der Waals surface area contributed by atoms with E-state index < -0.39 is 0 Å². The number of halogens is 1. The van der Waals surface area contributed by atoms with Gasteiger partial charge in [-0.15, -0.1) is 0 Å². The number of pyridine rings is 1. The fraction of sp³-hybridized carbons (Fsp3) is 0.312. The minimum absolute atomic E-state index is 0.00509. The first-order valence-electron chi connectivity index (χ1n) is 6.54. The minimum atomic E-state index is -0.200. The highest BCUT2D eigenvalue weighted by atomic mass is 19.1. The van der Waals surface area contributed by atoms with E-state index in [0.717, 1.165) is 29.1 Å². The van der Waals surface area contributed by atoms with Crippen LogP contribution in [0, 0.1) is 19.7 Å². The smallest absolute Gasteiger partial charge is 0.123 e. The molecule has 0 aliphatic carbocycles. The number of nitrogens with zero attached hydrogens (tertiary/aromatic N) is 1. The molecule has 0 bridgehead atoms. The van der Waals surface area contributed by atoms with Gasteiger partial charge in [-0.1, -0.05) is 19.1 Å². The summed E-state index contributed by atoms with van der Waals surface area (Å²) in [5.74, 6) is -0.200. The summed E-state index contributed by atoms with van der Waals surface area (Å²) in [7, 11) is 0. The number of aromatic nitrogens is 1. The predicted molar refractivity (Wildman–Crippen MR) is 75.6 cm³/mol. The van der Waals surface area contributed by atoms with Crippen molar-refractivity contribution in [3.05, 3.63) is 64.7 Å². The molecule has 1 atom stereocenters. The quantitative estimate of drug-likeness (QED) is 0.907. The van der Waals surface area contributed by atoms with Gasteiger partial charge in [-0.3, -0.25) is 4.98 Å². The molecule has 0 aliphatic rings. The van der Waals surface area contributed by atoms with Crippen molar-refractivity contribution in [3.8, 4) is 0 Å². The van der Waals surface area contributed by atoms with E-state index in [1.807, 2.05) is 38.1 Å². The Morgan fingerprint density at radius 2 is 2.00 bits per heavy atom. The van der Waals surface area contributed by atoms with Crippen LogP contribution < -0.4 is 5.32 Å². The van der Waals surface area contributed by atoms with Gasteiger partial charge in [0.05, 0.1) is 11.7 Å². The van der Waals surface area contributed by atoms with Crippen LogP contribution in [0.2, 0.25) is 0 Å². The molecule has 0 aliphatic heterocycles. The molecule has 1 heterocycles. The molecule has 1 aromatic heterocycles. The number of hydrogen-bond acceptors (Lipinski definition) is 2. The standard InChI is InChI=1S/C16H19FN2/c1-4-18-16(15-7-5-6-12(3)19-15)14-9-8-13(17)10-11(14)2/h5-10,16,18H,4H2,1-3H3. The van der Waals surface area contributed by atoms with Crippen molar-refractivity contribution in [1.29, 1.82) is 0 Å². The first-order chi connectivity index (χ1) is 9.11. The molecule has 2 aromatic rings. The molecule has 0 radical (unpaired) electrons. The second-order valence-electron chi connectivity index (χ2n) is 4.70. The molecule has 0 saturated heterocycles. The first-order valence-corrected chi connectivity index (χ1v) is 6.54. The fourth-order valence-corrected chi connectivity index (χ4v) is 2.27. The number of hydrogen-bond donors (Lipinski definition) is 1. The lowest BCUT2D eigenvalue weighted by molar-refractivity contribution is 0.600. The van der Waals surface area contributed by atoms with Gasteiger partial charge in [0.1, 0.15) is 5.82 Å². The summed E-state index contributed by atoms with van der Waals surface area (Å²) in [6, 6.07) is 10.9. The summed E-state index contributed by atoms with van der Waals surface area (Å²) in [5.41, 5.74) is 3.97. The number of benzene rings is 1. The van der Waals surface area contributed by atoms with E-state index in [1.165, 1.54) is 6.07 Å². The lowest BCUT2D eigenvalue weighted by Crippen LogP contribution is -2.24. The van der Waals surface area contributed by atoms with Crippen LogP contribution in [0.4, 0.5) is 4.39 Å². The Kier molecular flexibility index (Phi) is 4.27. The van der Waals surface area contributed by atoms with Crippen molar-refractivity contribution in [3.63, 3.8) is 0 Å². The Hall–Kier alpha value is -1.74. The van der Waals surface area contributed by atoms with E-state index in [9.17, 15) is 4.39 Å². The number of nitrogens with one attached hydrogen (secondary N) is 1. The maximum absolute atomic E-state index is 13.2. The predicted octanol–water partition coefficient (Wildman–Crippen LogP) is 3.54. The second-order valence-corrected chi connectivity index (χ2v) is 4.70. The van der Waals surface area contributed by atoms with Crippen LogP contribution in [0.25, 0.3) is 0 Å². The zero-order chi connectivity index (χ0) is 13.8. The maximum Gasteiger partial charge on any atom is 0.123 e. The number of rotatable bonds is 4. The lowest BCUT2D eigenvalue weighted by atomic mass is 9.98. The van der Waals surface area contributed by atoms with Gasteiger partial charge in [0.15, 0.2) is 0 Å². The van der Waals surface area contributed by atoms with Crippen molar-refractivity contribution in [1.82, 2.24) is 10.3 Å². The Labute approximate surface area is 113 Å². The van der Waals surface area contributed by atoms with Crippen molar-refractivity contribution < 1.29 is 4.39 Å². The third kappa shape index (κ3) is 3.18. The summed E-state index contributed by atoms with van der Waals surface area (Å²) in [6.07, 6.45) is 0. The molecule has 19 heavy (non-hydrogen) atoms. The normalized spacial score (nSPS) is 12.4. The second kappa shape index (κ2) is 5.93. The van der Waals surface area contributed by atoms with Gasteiger partial charge in [-0.05, 0) is 55.8 Å². The van der Waals surface area contributed by atoms with Gasteiger partial charge in [0.2, 0.25) is 0 Å². The third-order valence-corrected chi connectivity index (χ3v) is 3.16. The van der Waals surface area contributed by atoms with Gasteiger partial charge in [-0.25, -0.2) is 4.39 Å². The van der Waals surface area contributed by atoms with E-state index in [1.54, 1.807) is 6.07 Å². The Morgan fingerprint density at radius 1 is 1.21 bits per heavy atom. The first kappa shape index (κ1) is 13.7. The molecule has 2 rings (SSSR count). The summed E-state index contributed by atoms with van der Waals surface area (Å²) >= 11 is 0. The summed E-state index contributed by atoms with van der Waals surface area (Å²) in [6.45, 7) is 6.79. The molecular weight excluding hydrogens is 239 g/mol. The van der Waals surface area contributed by atoms with Crippen LogP contribution >= 0.6 is 0 Å². The zero-order valence-electron chi connectivity index (χ0n) is 11.6. The highest BCUT2D eigenvalue weighted by molar-refractivity contribution is 5.35. The molecule has 0 amide bonds. The Bertz CT molecular complexity index is 566. The average molecular weight is 258 g/mol. The number of aryl methyl sites for hydroxylation is 2. The van der Waals surface area contributed by atoms with Crippen molar-refractivity contribution in [2.75, 3.05) is 6.54 Å². The maximum atomic E-state index is 13.2. The molecule has 2 nitrogen and oxygen atoms in total. The summed E-state index contributed by atoms with van der Waals surface area (Å²) in [5, 5.41) is 3.42. The molecule has 0 fully saturated rings. The molecule has 0 saturated carbocycles. The minimum Gasteiger partial charge on any atom is -0.305 e. The van der Waals surface area contributed by atoms with E-state index in [4.69, 9.17) is 0 Å². The van der Waals surface area contributed by atoms with E-state index in [-0.39, 0.29) is 11.9 Å². The molecule has 1 aromatic carbocycles. The monoisotopic (exact) mass is 258 g/mol.